The maximum Gasteiger partial charge on any atom is 0.226 e. The van der Waals surface area contributed by atoms with Gasteiger partial charge in [0.1, 0.15) is 0 Å². The number of nitrogens with zero attached hydrogens (tertiary/aromatic N) is 3. The van der Waals surface area contributed by atoms with Gasteiger partial charge in [0.25, 0.3) is 0 Å². The summed E-state index contributed by atoms with van der Waals surface area (Å²) in [6, 6.07) is 4.27. The zero-order valence-corrected chi connectivity index (χ0v) is 20.1. The lowest BCUT2D eigenvalue weighted by atomic mass is 9.92. The highest BCUT2D eigenvalue weighted by Crippen LogP contribution is 2.27. The van der Waals surface area contributed by atoms with E-state index in [0.29, 0.717) is 11.8 Å². The van der Waals surface area contributed by atoms with Crippen LogP contribution < -0.4 is 10.6 Å². The Morgan fingerprint density at radius 1 is 1.33 bits per heavy atom. The maximum absolute atomic E-state index is 5.28. The number of hydrogen-bond acceptors (Lipinski definition) is 5. The lowest BCUT2D eigenvalue weighted by molar-refractivity contribution is 0.368. The fourth-order valence-corrected chi connectivity index (χ4v) is 3.25. The van der Waals surface area contributed by atoms with Crippen molar-refractivity contribution in [2.75, 3.05) is 19.6 Å². The quantitative estimate of drug-likeness (QED) is 0.230. The topological polar surface area (TPSA) is 75.3 Å². The van der Waals surface area contributed by atoms with Crippen molar-refractivity contribution in [3.63, 3.8) is 0 Å². The molecule has 0 atom stereocenters. The Morgan fingerprint density at radius 3 is 2.70 bits per heavy atom. The van der Waals surface area contributed by atoms with E-state index in [1.807, 2.05) is 0 Å². The number of rotatable bonds is 9. The minimum absolute atomic E-state index is 0. The highest BCUT2D eigenvalue weighted by Gasteiger charge is 2.21. The summed E-state index contributed by atoms with van der Waals surface area (Å²) in [5, 5.41) is 12.8. The Morgan fingerprint density at radius 2 is 2.11 bits per heavy atom. The van der Waals surface area contributed by atoms with Crippen LogP contribution in [0.1, 0.15) is 63.5 Å². The number of aromatic nitrogens is 2. The molecule has 0 fully saturated rings. The van der Waals surface area contributed by atoms with Crippen molar-refractivity contribution < 1.29 is 4.52 Å². The largest absolute Gasteiger partial charge is 0.357 e. The van der Waals surface area contributed by atoms with Gasteiger partial charge in [0.05, 0.1) is 6.54 Å². The molecule has 0 saturated carbocycles. The maximum atomic E-state index is 5.28. The van der Waals surface area contributed by atoms with E-state index in [0.717, 1.165) is 44.3 Å². The first-order valence-electron chi connectivity index (χ1n) is 9.31. The Bertz CT molecular complexity index is 682. The standard InChI is InChI=1S/C19H31N5OS.HI/c1-6-20-18(22-13-19(4,5)15-9-8-12-26-15)21-11-7-10-16-23-17(14(2)3)24-25-16;/h8-9,12,14H,6-7,10-11,13H2,1-5H3,(H2,20,21,22);1H. The van der Waals surface area contributed by atoms with Gasteiger partial charge in [-0.1, -0.05) is 38.9 Å². The van der Waals surface area contributed by atoms with E-state index in [-0.39, 0.29) is 29.4 Å². The van der Waals surface area contributed by atoms with Gasteiger partial charge in [-0.2, -0.15) is 4.98 Å². The van der Waals surface area contributed by atoms with Crippen LogP contribution in [0.25, 0.3) is 0 Å². The number of aryl methyl sites for hydroxylation is 1. The van der Waals surface area contributed by atoms with E-state index in [2.05, 4.69) is 72.9 Å². The first-order chi connectivity index (χ1) is 12.4. The normalized spacial score (nSPS) is 12.1. The van der Waals surface area contributed by atoms with Crippen molar-refractivity contribution in [1.29, 1.82) is 0 Å². The van der Waals surface area contributed by atoms with Crippen molar-refractivity contribution in [2.45, 2.75) is 58.8 Å². The number of thiophene rings is 1. The monoisotopic (exact) mass is 505 g/mol. The highest BCUT2D eigenvalue weighted by atomic mass is 127. The summed E-state index contributed by atoms with van der Waals surface area (Å²) in [5.74, 6) is 2.63. The number of nitrogens with one attached hydrogen (secondary N) is 2. The molecule has 0 aliphatic rings. The molecule has 27 heavy (non-hydrogen) atoms. The van der Waals surface area contributed by atoms with Gasteiger partial charge in [-0.15, -0.1) is 35.3 Å². The lowest BCUT2D eigenvalue weighted by Crippen LogP contribution is -2.39. The summed E-state index contributed by atoms with van der Waals surface area (Å²) in [7, 11) is 0. The van der Waals surface area contributed by atoms with Crippen LogP contribution in [0.2, 0.25) is 0 Å². The molecule has 0 saturated heterocycles. The summed E-state index contributed by atoms with van der Waals surface area (Å²) in [5.41, 5.74) is 0.0352. The first kappa shape index (κ1) is 23.9. The van der Waals surface area contributed by atoms with Crippen LogP contribution in [0.3, 0.4) is 0 Å². The molecule has 2 aromatic heterocycles. The third-order valence-electron chi connectivity index (χ3n) is 4.02. The average Bonchev–Trinajstić information content (AvgIpc) is 3.28. The van der Waals surface area contributed by atoms with Gasteiger partial charge in [-0.3, -0.25) is 4.99 Å². The minimum atomic E-state index is 0. The SMILES string of the molecule is CCNC(=NCC(C)(C)c1cccs1)NCCCc1nc(C(C)C)no1.I. The zero-order valence-electron chi connectivity index (χ0n) is 16.9. The Kier molecular flexibility index (Phi) is 10.3. The van der Waals surface area contributed by atoms with Gasteiger partial charge in [0, 0.05) is 35.7 Å². The molecule has 0 spiro atoms. The number of halogens is 1. The van der Waals surface area contributed by atoms with E-state index in [4.69, 9.17) is 9.52 Å². The van der Waals surface area contributed by atoms with Crippen molar-refractivity contribution in [1.82, 2.24) is 20.8 Å². The van der Waals surface area contributed by atoms with E-state index >= 15 is 0 Å². The summed E-state index contributed by atoms with van der Waals surface area (Å²) >= 11 is 1.78. The molecular weight excluding hydrogens is 473 g/mol. The van der Waals surface area contributed by atoms with Crippen LogP contribution in [-0.4, -0.2) is 35.7 Å². The van der Waals surface area contributed by atoms with E-state index in [1.165, 1.54) is 4.88 Å². The molecule has 2 heterocycles. The molecule has 6 nitrogen and oxygen atoms in total. The molecule has 0 radical (unpaired) electrons. The van der Waals surface area contributed by atoms with Crippen molar-refractivity contribution >= 4 is 41.3 Å². The molecule has 0 bridgehead atoms. The molecular formula is C19H32IN5OS. The second-order valence-electron chi connectivity index (χ2n) is 7.29. The zero-order chi connectivity index (χ0) is 19.0. The fraction of sp³-hybridized carbons (Fsp3) is 0.632. The van der Waals surface area contributed by atoms with E-state index < -0.39 is 0 Å². The molecule has 0 amide bonds. The predicted molar refractivity (Wildman–Crippen MR) is 123 cm³/mol. The van der Waals surface area contributed by atoms with Crippen molar-refractivity contribution in [2.24, 2.45) is 4.99 Å². The molecule has 2 aromatic rings. The number of hydrogen-bond donors (Lipinski definition) is 2. The third kappa shape index (κ3) is 7.77. The van der Waals surface area contributed by atoms with Gasteiger partial charge in [-0.25, -0.2) is 0 Å². The molecule has 0 unspecified atom stereocenters. The second kappa shape index (κ2) is 11.6. The van der Waals surface area contributed by atoms with Crippen LogP contribution in [0, 0.1) is 0 Å². The predicted octanol–water partition coefficient (Wildman–Crippen LogP) is 4.34. The van der Waals surface area contributed by atoms with E-state index in [9.17, 15) is 0 Å². The number of aliphatic imine (C=N–C) groups is 1. The molecule has 2 N–H and O–H groups in total. The lowest BCUT2D eigenvalue weighted by Gasteiger charge is -2.21. The first-order valence-corrected chi connectivity index (χ1v) is 10.2. The summed E-state index contributed by atoms with van der Waals surface area (Å²) in [6.45, 7) is 13.1. The van der Waals surface area contributed by atoms with Crippen LogP contribution >= 0.6 is 35.3 Å². The van der Waals surface area contributed by atoms with Gasteiger partial charge in [-0.05, 0) is 24.8 Å². The Hall–Kier alpha value is -1.16. The summed E-state index contributed by atoms with van der Waals surface area (Å²) < 4.78 is 5.28. The molecule has 0 aromatic carbocycles. The van der Waals surface area contributed by atoms with Crippen LogP contribution in [-0.2, 0) is 11.8 Å². The highest BCUT2D eigenvalue weighted by molar-refractivity contribution is 14.0. The van der Waals surface area contributed by atoms with Crippen LogP contribution in [0.15, 0.2) is 27.0 Å². The molecule has 0 aliphatic heterocycles. The van der Waals surface area contributed by atoms with Crippen LogP contribution in [0.4, 0.5) is 0 Å². The third-order valence-corrected chi connectivity index (χ3v) is 5.26. The van der Waals surface area contributed by atoms with Gasteiger partial charge in [0.2, 0.25) is 5.89 Å². The molecule has 2 rings (SSSR count). The summed E-state index contributed by atoms with van der Waals surface area (Å²) in [6.07, 6.45) is 1.69. The van der Waals surface area contributed by atoms with Gasteiger partial charge >= 0.3 is 0 Å². The average molecular weight is 505 g/mol. The fourth-order valence-electron chi connectivity index (χ4n) is 2.41. The van der Waals surface area contributed by atoms with Crippen LogP contribution in [0.5, 0.6) is 0 Å². The Balaban J connectivity index is 0.00000364. The summed E-state index contributed by atoms with van der Waals surface area (Å²) in [4.78, 5) is 10.5. The number of guanidine groups is 1. The molecule has 0 aliphatic carbocycles. The van der Waals surface area contributed by atoms with Gasteiger partial charge < -0.3 is 15.2 Å². The van der Waals surface area contributed by atoms with Gasteiger partial charge in [0.15, 0.2) is 11.8 Å². The molecule has 8 heteroatoms. The van der Waals surface area contributed by atoms with Crippen molar-refractivity contribution in [3.8, 4) is 0 Å². The van der Waals surface area contributed by atoms with E-state index in [1.54, 1.807) is 11.3 Å². The smallest absolute Gasteiger partial charge is 0.226 e. The van der Waals surface area contributed by atoms with Crippen molar-refractivity contribution in [3.05, 3.63) is 34.1 Å². The Labute approximate surface area is 183 Å². The second-order valence-corrected chi connectivity index (χ2v) is 8.24. The minimum Gasteiger partial charge on any atom is -0.357 e. The molecule has 152 valence electrons.